The Morgan fingerprint density at radius 2 is 2.46 bits per heavy atom. The second kappa shape index (κ2) is 5.66. The van der Waals surface area contributed by atoms with E-state index in [4.69, 9.17) is 11.6 Å². The molecule has 0 unspecified atom stereocenters. The number of aryl methyl sites for hydroxylation is 1. The van der Waals surface area contributed by atoms with Gasteiger partial charge in [-0.3, -0.25) is 4.68 Å². The number of halogens is 1. The van der Waals surface area contributed by atoms with Crippen LogP contribution in [0.15, 0.2) is 12.3 Å². The molecule has 70 valence electrons. The molecule has 0 saturated carbocycles. The van der Waals surface area contributed by atoms with Crippen molar-refractivity contribution < 1.29 is 0 Å². The monoisotopic (exact) mass is 196 g/mol. The van der Waals surface area contributed by atoms with Crippen molar-refractivity contribution in [1.29, 1.82) is 0 Å². The molecular weight excluding hydrogens is 184 g/mol. The van der Waals surface area contributed by atoms with Gasteiger partial charge in [-0.15, -0.1) is 11.6 Å². The van der Waals surface area contributed by atoms with Crippen LogP contribution >= 0.6 is 11.6 Å². The van der Waals surface area contributed by atoms with Crippen molar-refractivity contribution in [1.82, 2.24) is 9.78 Å². The van der Waals surface area contributed by atoms with Gasteiger partial charge in [0.15, 0.2) is 0 Å². The molecule has 13 heavy (non-hydrogen) atoms. The molecule has 0 bridgehead atoms. The first kappa shape index (κ1) is 10.1. The second-order valence-corrected chi connectivity index (χ2v) is 3.06. The van der Waals surface area contributed by atoms with Gasteiger partial charge in [0, 0.05) is 18.8 Å². The Balaban J connectivity index is 2.66. The highest BCUT2D eigenvalue weighted by molar-refractivity contribution is 6.18. The van der Waals surface area contributed by atoms with Gasteiger partial charge in [-0.05, 0) is 18.4 Å². The van der Waals surface area contributed by atoms with Crippen LogP contribution in [0.25, 0.3) is 0 Å². The fraction of sp³-hybridized carbons (Fsp3) is 0.500. The molecular formula is C10H13ClN2. The molecule has 0 atom stereocenters. The fourth-order valence-electron chi connectivity index (χ4n) is 1.03. The zero-order valence-electron chi connectivity index (χ0n) is 7.76. The van der Waals surface area contributed by atoms with Crippen LogP contribution in [0.5, 0.6) is 0 Å². The molecule has 0 fully saturated rings. The van der Waals surface area contributed by atoms with E-state index < -0.39 is 0 Å². The van der Waals surface area contributed by atoms with Crippen molar-refractivity contribution in [3.8, 4) is 11.8 Å². The van der Waals surface area contributed by atoms with Crippen molar-refractivity contribution in [3.63, 3.8) is 0 Å². The molecule has 0 saturated heterocycles. The highest BCUT2D eigenvalue weighted by atomic mass is 35.5. The Labute approximate surface area is 83.9 Å². The first-order chi connectivity index (χ1) is 6.38. The fourth-order valence-corrected chi connectivity index (χ4v) is 1.12. The van der Waals surface area contributed by atoms with Crippen molar-refractivity contribution in [2.45, 2.75) is 26.3 Å². The number of hydrogen-bond acceptors (Lipinski definition) is 1. The summed E-state index contributed by atoms with van der Waals surface area (Å²) in [4.78, 5) is 0. The van der Waals surface area contributed by atoms with E-state index in [9.17, 15) is 0 Å². The predicted molar refractivity (Wildman–Crippen MR) is 54.7 cm³/mol. The molecule has 0 amide bonds. The largest absolute Gasteiger partial charge is 0.257 e. The van der Waals surface area contributed by atoms with Crippen molar-refractivity contribution in [2.24, 2.45) is 0 Å². The molecule has 2 nitrogen and oxygen atoms in total. The van der Waals surface area contributed by atoms with Gasteiger partial charge in [-0.1, -0.05) is 12.8 Å². The zero-order valence-corrected chi connectivity index (χ0v) is 8.51. The van der Waals surface area contributed by atoms with Gasteiger partial charge in [-0.2, -0.15) is 5.10 Å². The maximum absolute atomic E-state index is 5.52. The maximum Gasteiger partial charge on any atom is 0.111 e. The minimum absolute atomic E-state index is 0.592. The summed E-state index contributed by atoms with van der Waals surface area (Å²) in [6.07, 6.45) is 3.59. The smallest absolute Gasteiger partial charge is 0.111 e. The number of nitrogens with zero attached hydrogens (tertiary/aromatic N) is 2. The van der Waals surface area contributed by atoms with E-state index in [1.807, 2.05) is 10.7 Å². The van der Waals surface area contributed by atoms with Gasteiger partial charge in [0.1, 0.15) is 5.69 Å². The minimum atomic E-state index is 0.592. The molecule has 1 aromatic rings. The number of aromatic nitrogens is 2. The van der Waals surface area contributed by atoms with Gasteiger partial charge in [0.2, 0.25) is 0 Å². The molecule has 0 aromatic carbocycles. The molecule has 1 heterocycles. The average Bonchev–Trinajstić information content (AvgIpc) is 2.54. The highest BCUT2D eigenvalue weighted by Gasteiger charge is 1.95. The van der Waals surface area contributed by atoms with E-state index in [-0.39, 0.29) is 0 Å². The Morgan fingerprint density at radius 3 is 3.15 bits per heavy atom. The third kappa shape index (κ3) is 3.12. The summed E-state index contributed by atoms with van der Waals surface area (Å²) in [7, 11) is 0. The molecule has 1 rings (SSSR count). The lowest BCUT2D eigenvalue weighted by atomic mass is 10.3. The van der Waals surface area contributed by atoms with Gasteiger partial charge in [0.05, 0.1) is 6.20 Å². The van der Waals surface area contributed by atoms with Crippen molar-refractivity contribution in [3.05, 3.63) is 18.0 Å². The lowest BCUT2D eigenvalue weighted by Gasteiger charge is -1.98. The quantitative estimate of drug-likeness (QED) is 0.536. The standard InChI is InChI=1S/C10H13ClN2/c1-2-9-13-10(6-8-12-13)5-3-4-7-11/h6,8H,2,4,7,9H2,1H3. The van der Waals surface area contributed by atoms with Crippen molar-refractivity contribution in [2.75, 3.05) is 5.88 Å². The van der Waals surface area contributed by atoms with Gasteiger partial charge in [-0.25, -0.2) is 0 Å². The molecule has 0 spiro atoms. The van der Waals surface area contributed by atoms with E-state index in [0.29, 0.717) is 5.88 Å². The summed E-state index contributed by atoms with van der Waals surface area (Å²) in [6, 6.07) is 1.93. The Morgan fingerprint density at radius 1 is 1.62 bits per heavy atom. The summed E-state index contributed by atoms with van der Waals surface area (Å²) in [5.41, 5.74) is 0.979. The molecule has 0 aliphatic rings. The molecule has 0 N–H and O–H groups in total. The summed E-state index contributed by atoms with van der Waals surface area (Å²) < 4.78 is 1.92. The van der Waals surface area contributed by atoms with Crippen LogP contribution in [-0.2, 0) is 6.54 Å². The van der Waals surface area contributed by atoms with Crippen LogP contribution in [-0.4, -0.2) is 15.7 Å². The van der Waals surface area contributed by atoms with Gasteiger partial charge < -0.3 is 0 Å². The maximum atomic E-state index is 5.52. The van der Waals surface area contributed by atoms with E-state index in [1.165, 1.54) is 0 Å². The van der Waals surface area contributed by atoms with Crippen LogP contribution in [0.1, 0.15) is 25.5 Å². The first-order valence-electron chi connectivity index (χ1n) is 4.45. The van der Waals surface area contributed by atoms with Crippen LogP contribution < -0.4 is 0 Å². The summed E-state index contributed by atoms with van der Waals surface area (Å²) >= 11 is 5.52. The summed E-state index contributed by atoms with van der Waals surface area (Å²) in [5.74, 6) is 6.63. The Kier molecular flexibility index (Phi) is 4.42. The second-order valence-electron chi connectivity index (χ2n) is 2.68. The minimum Gasteiger partial charge on any atom is -0.257 e. The molecule has 1 aromatic heterocycles. The zero-order chi connectivity index (χ0) is 9.52. The Hall–Kier alpha value is -0.940. The molecule has 0 aliphatic heterocycles. The van der Waals surface area contributed by atoms with Crippen LogP contribution in [0, 0.1) is 11.8 Å². The Bertz CT molecular complexity index is 306. The number of alkyl halides is 1. The lowest BCUT2D eigenvalue weighted by Crippen LogP contribution is -2.01. The molecule has 3 heteroatoms. The average molecular weight is 197 g/mol. The van der Waals surface area contributed by atoms with Crippen LogP contribution in [0.3, 0.4) is 0 Å². The van der Waals surface area contributed by atoms with Gasteiger partial charge >= 0.3 is 0 Å². The van der Waals surface area contributed by atoms with E-state index in [2.05, 4.69) is 23.9 Å². The predicted octanol–water partition coefficient (Wildman–Crippen LogP) is 2.27. The number of hydrogen-bond donors (Lipinski definition) is 0. The van der Waals surface area contributed by atoms with E-state index >= 15 is 0 Å². The lowest BCUT2D eigenvalue weighted by molar-refractivity contribution is 0.597. The van der Waals surface area contributed by atoms with E-state index in [0.717, 1.165) is 25.1 Å². The van der Waals surface area contributed by atoms with Crippen LogP contribution in [0.2, 0.25) is 0 Å². The normalized spacial score (nSPS) is 9.38. The topological polar surface area (TPSA) is 17.8 Å². The highest BCUT2D eigenvalue weighted by Crippen LogP contribution is 1.98. The molecule has 0 aliphatic carbocycles. The summed E-state index contributed by atoms with van der Waals surface area (Å²) in [6.45, 7) is 3.05. The number of rotatable bonds is 3. The third-order valence-corrected chi connectivity index (χ3v) is 1.78. The van der Waals surface area contributed by atoms with Crippen LogP contribution in [0.4, 0.5) is 0 Å². The SMILES string of the molecule is CCCn1nccc1C#CCCCl. The summed E-state index contributed by atoms with van der Waals surface area (Å²) in [5, 5.41) is 4.17. The van der Waals surface area contributed by atoms with Gasteiger partial charge in [0.25, 0.3) is 0 Å². The third-order valence-electron chi connectivity index (χ3n) is 1.59. The van der Waals surface area contributed by atoms with Crippen molar-refractivity contribution >= 4 is 11.6 Å². The first-order valence-corrected chi connectivity index (χ1v) is 4.98. The molecule has 0 radical (unpaired) electrons. The van der Waals surface area contributed by atoms with E-state index in [1.54, 1.807) is 6.20 Å².